The van der Waals surface area contributed by atoms with Gasteiger partial charge in [-0.3, -0.25) is 0 Å². The molecule has 0 atom stereocenters. The summed E-state index contributed by atoms with van der Waals surface area (Å²) in [6.45, 7) is 3.28. The number of piperidine rings is 1. The Morgan fingerprint density at radius 2 is 2.00 bits per heavy atom. The Morgan fingerprint density at radius 3 is 2.57 bits per heavy atom. The number of halogens is 2. The van der Waals surface area contributed by atoms with E-state index < -0.39 is 10.0 Å². The van der Waals surface area contributed by atoms with Crippen LogP contribution in [-0.2, 0) is 10.0 Å². The average molecular weight is 396 g/mol. The predicted molar refractivity (Wildman–Crippen MR) is 90.0 cm³/mol. The molecule has 0 saturated carbocycles. The lowest BCUT2D eigenvalue weighted by molar-refractivity contribution is 0.262. The molecule has 7 heteroatoms. The van der Waals surface area contributed by atoms with Crippen molar-refractivity contribution in [2.24, 2.45) is 5.92 Å². The molecule has 0 radical (unpaired) electrons. The van der Waals surface area contributed by atoms with Crippen LogP contribution < -0.4 is 5.73 Å². The number of rotatable bonds is 4. The summed E-state index contributed by atoms with van der Waals surface area (Å²) in [6, 6.07) is 2.99. The Bertz CT molecular complexity index is 614. The van der Waals surface area contributed by atoms with E-state index in [-0.39, 0.29) is 4.90 Å². The fourth-order valence-corrected chi connectivity index (χ4v) is 5.48. The van der Waals surface area contributed by atoms with Gasteiger partial charge in [0.05, 0.1) is 9.37 Å². The summed E-state index contributed by atoms with van der Waals surface area (Å²) in [5.74, 6) is 0.634. The number of hydrogen-bond donors (Lipinski definition) is 1. The van der Waals surface area contributed by atoms with Crippen LogP contribution in [0.15, 0.2) is 21.5 Å². The third-order valence-electron chi connectivity index (χ3n) is 3.92. The number of nitrogen functional groups attached to an aromatic ring is 1. The summed E-state index contributed by atoms with van der Waals surface area (Å²) in [7, 11) is -3.55. The zero-order chi connectivity index (χ0) is 15.6. The zero-order valence-corrected chi connectivity index (χ0v) is 15.1. The zero-order valence-electron chi connectivity index (χ0n) is 12.0. The van der Waals surface area contributed by atoms with Crippen molar-refractivity contribution in [3.05, 3.63) is 21.6 Å². The lowest BCUT2D eigenvalue weighted by atomic mass is 9.94. The molecule has 1 aromatic rings. The summed E-state index contributed by atoms with van der Waals surface area (Å²) in [4.78, 5) is 0.154. The van der Waals surface area contributed by atoms with Crippen LogP contribution in [0, 0.1) is 5.92 Å². The normalized spacial score (nSPS) is 18.0. The summed E-state index contributed by atoms with van der Waals surface area (Å²) in [5, 5.41) is 0.329. The Hall–Kier alpha value is -0.300. The van der Waals surface area contributed by atoms with Crippen LogP contribution in [0.4, 0.5) is 5.69 Å². The summed E-state index contributed by atoms with van der Waals surface area (Å²) in [5.41, 5.74) is 6.13. The van der Waals surface area contributed by atoms with E-state index in [0.29, 0.717) is 34.2 Å². The maximum atomic E-state index is 12.8. The van der Waals surface area contributed by atoms with E-state index in [1.165, 1.54) is 22.9 Å². The van der Waals surface area contributed by atoms with Gasteiger partial charge in [0.25, 0.3) is 0 Å². The number of hydrogen-bond acceptors (Lipinski definition) is 3. The molecule has 0 amide bonds. The van der Waals surface area contributed by atoms with Gasteiger partial charge in [-0.2, -0.15) is 4.31 Å². The second kappa shape index (κ2) is 6.86. The first kappa shape index (κ1) is 17.1. The molecule has 0 bridgehead atoms. The third-order valence-corrected chi connectivity index (χ3v) is 7.21. The van der Waals surface area contributed by atoms with E-state index in [2.05, 4.69) is 22.9 Å². The minimum absolute atomic E-state index is 0.154. The lowest BCUT2D eigenvalue weighted by Crippen LogP contribution is -2.38. The van der Waals surface area contributed by atoms with Crippen LogP contribution in [0.3, 0.4) is 0 Å². The van der Waals surface area contributed by atoms with Gasteiger partial charge in [-0.25, -0.2) is 8.42 Å². The van der Waals surface area contributed by atoms with Gasteiger partial charge in [-0.15, -0.1) is 0 Å². The summed E-state index contributed by atoms with van der Waals surface area (Å²) in [6.07, 6.45) is 4.15. The predicted octanol–water partition coefficient (Wildman–Crippen LogP) is 3.89. The van der Waals surface area contributed by atoms with Gasteiger partial charge in [-0.05, 0) is 46.8 Å². The van der Waals surface area contributed by atoms with Crippen LogP contribution in [0.25, 0.3) is 0 Å². The Kier molecular flexibility index (Phi) is 5.57. The maximum Gasteiger partial charge on any atom is 0.244 e. The molecule has 118 valence electrons. The van der Waals surface area contributed by atoms with Crippen molar-refractivity contribution in [3.8, 4) is 0 Å². The molecular weight excluding hydrogens is 376 g/mol. The van der Waals surface area contributed by atoms with E-state index in [9.17, 15) is 8.42 Å². The molecule has 1 fully saturated rings. The monoisotopic (exact) mass is 394 g/mol. The highest BCUT2D eigenvalue weighted by atomic mass is 79.9. The van der Waals surface area contributed by atoms with Gasteiger partial charge in [-0.1, -0.05) is 31.4 Å². The van der Waals surface area contributed by atoms with E-state index in [1.54, 1.807) is 0 Å². The average Bonchev–Trinajstić information content (AvgIpc) is 2.43. The lowest BCUT2D eigenvalue weighted by Gasteiger charge is -2.31. The Morgan fingerprint density at radius 1 is 1.38 bits per heavy atom. The first-order valence-corrected chi connectivity index (χ1v) is 9.72. The molecule has 4 nitrogen and oxygen atoms in total. The first-order valence-electron chi connectivity index (χ1n) is 7.11. The quantitative estimate of drug-likeness (QED) is 0.787. The van der Waals surface area contributed by atoms with Crippen molar-refractivity contribution in [3.63, 3.8) is 0 Å². The molecule has 1 aromatic carbocycles. The van der Waals surface area contributed by atoms with Crippen molar-refractivity contribution < 1.29 is 8.42 Å². The van der Waals surface area contributed by atoms with E-state index >= 15 is 0 Å². The second-order valence-corrected chi connectivity index (χ2v) is 8.58. The van der Waals surface area contributed by atoms with E-state index in [1.807, 2.05) is 0 Å². The van der Waals surface area contributed by atoms with Gasteiger partial charge in [0.2, 0.25) is 10.0 Å². The molecule has 0 aliphatic carbocycles. The topological polar surface area (TPSA) is 63.4 Å². The van der Waals surface area contributed by atoms with Gasteiger partial charge < -0.3 is 5.73 Å². The Labute approximate surface area is 139 Å². The van der Waals surface area contributed by atoms with Gasteiger partial charge in [0.1, 0.15) is 0 Å². The number of nitrogens with zero attached hydrogens (tertiary/aromatic N) is 1. The number of benzene rings is 1. The smallest absolute Gasteiger partial charge is 0.244 e. The van der Waals surface area contributed by atoms with Crippen molar-refractivity contribution in [2.45, 2.75) is 37.5 Å². The highest BCUT2D eigenvalue weighted by Crippen LogP contribution is 2.35. The molecule has 21 heavy (non-hydrogen) atoms. The van der Waals surface area contributed by atoms with Crippen LogP contribution >= 0.6 is 27.5 Å². The van der Waals surface area contributed by atoms with Crippen molar-refractivity contribution >= 4 is 43.2 Å². The fourth-order valence-electron chi connectivity index (χ4n) is 2.76. The van der Waals surface area contributed by atoms with E-state index in [4.69, 9.17) is 17.3 Å². The molecule has 2 rings (SSSR count). The van der Waals surface area contributed by atoms with Crippen molar-refractivity contribution in [2.75, 3.05) is 18.8 Å². The largest absolute Gasteiger partial charge is 0.398 e. The minimum atomic E-state index is -3.55. The molecule has 0 spiro atoms. The van der Waals surface area contributed by atoms with Gasteiger partial charge in [0.15, 0.2) is 0 Å². The summed E-state index contributed by atoms with van der Waals surface area (Å²) >= 11 is 9.21. The molecule has 1 aliphatic rings. The fraction of sp³-hybridized carbons (Fsp3) is 0.571. The highest BCUT2D eigenvalue weighted by Gasteiger charge is 2.31. The van der Waals surface area contributed by atoms with E-state index in [0.717, 1.165) is 19.3 Å². The number of sulfonamides is 1. The van der Waals surface area contributed by atoms with Gasteiger partial charge >= 0.3 is 0 Å². The van der Waals surface area contributed by atoms with Crippen LogP contribution in [0.2, 0.25) is 5.02 Å². The number of anilines is 1. The molecule has 1 aliphatic heterocycles. The molecular formula is C14H20BrClN2O2S. The number of nitrogens with two attached hydrogens (primary N) is 1. The van der Waals surface area contributed by atoms with Gasteiger partial charge in [0, 0.05) is 23.8 Å². The highest BCUT2D eigenvalue weighted by molar-refractivity contribution is 9.10. The SMILES string of the molecule is CCCC1CCN(S(=O)(=O)c2cc(Cl)cc(N)c2Br)CC1. The minimum Gasteiger partial charge on any atom is -0.398 e. The summed E-state index contributed by atoms with van der Waals surface area (Å²) < 4.78 is 27.4. The molecule has 1 saturated heterocycles. The first-order chi connectivity index (χ1) is 9.86. The molecule has 0 aromatic heterocycles. The maximum absolute atomic E-state index is 12.8. The third kappa shape index (κ3) is 3.73. The second-order valence-electron chi connectivity index (χ2n) is 5.44. The van der Waals surface area contributed by atoms with Crippen molar-refractivity contribution in [1.82, 2.24) is 4.31 Å². The van der Waals surface area contributed by atoms with Crippen molar-refractivity contribution in [1.29, 1.82) is 0 Å². The molecule has 1 heterocycles. The van der Waals surface area contributed by atoms with Crippen LogP contribution in [-0.4, -0.2) is 25.8 Å². The standard InChI is InChI=1S/C14H20BrClN2O2S/c1-2-3-10-4-6-18(7-5-10)21(19,20)13-9-11(16)8-12(17)14(13)15/h8-10H,2-7,17H2,1H3. The van der Waals surface area contributed by atoms with Crippen LogP contribution in [0.5, 0.6) is 0 Å². The molecule has 2 N–H and O–H groups in total. The Balaban J connectivity index is 2.24. The molecule has 0 unspecified atom stereocenters. The van der Waals surface area contributed by atoms with Crippen LogP contribution in [0.1, 0.15) is 32.6 Å².